The zero-order chi connectivity index (χ0) is 22.5. The third-order valence-electron chi connectivity index (χ3n) is 6.27. The molecule has 2 N–H and O–H groups in total. The third kappa shape index (κ3) is 4.25. The molecule has 2 aliphatic carbocycles. The Hall–Kier alpha value is -2.84. The summed E-state index contributed by atoms with van der Waals surface area (Å²) in [5.74, 6) is 1.25. The molecule has 0 radical (unpaired) electrons. The third-order valence-corrected chi connectivity index (χ3v) is 7.51. The van der Waals surface area contributed by atoms with E-state index in [0.717, 1.165) is 26.6 Å². The van der Waals surface area contributed by atoms with Crippen molar-refractivity contribution in [3.8, 4) is 16.3 Å². The number of fused-ring (bicyclic) bond motifs is 1. The number of ether oxygens (including phenoxy) is 1. The largest absolute Gasteiger partial charge is 0.492 e. The van der Waals surface area contributed by atoms with Gasteiger partial charge in [-0.05, 0) is 50.7 Å². The van der Waals surface area contributed by atoms with Crippen LogP contribution in [0.15, 0.2) is 41.7 Å². The fourth-order valence-corrected chi connectivity index (χ4v) is 5.15. The van der Waals surface area contributed by atoms with Crippen molar-refractivity contribution in [1.29, 1.82) is 0 Å². The van der Waals surface area contributed by atoms with Gasteiger partial charge in [0.05, 0.1) is 46.3 Å². The highest BCUT2D eigenvalue weighted by atomic mass is 35.5. The number of pyridine rings is 1. The van der Waals surface area contributed by atoms with E-state index < -0.39 is 0 Å². The topological polar surface area (TPSA) is 84.8 Å². The average Bonchev–Trinajstić information content (AvgIpc) is 3.72. The van der Waals surface area contributed by atoms with Crippen LogP contribution in [0.4, 0.5) is 5.13 Å². The number of H-pyrrole nitrogens is 1. The molecule has 33 heavy (non-hydrogen) atoms. The van der Waals surface area contributed by atoms with Crippen molar-refractivity contribution >= 4 is 39.0 Å². The van der Waals surface area contributed by atoms with Gasteiger partial charge in [0.1, 0.15) is 5.75 Å². The number of aromatic nitrogens is 4. The quantitative estimate of drug-likeness (QED) is 0.332. The van der Waals surface area contributed by atoms with Gasteiger partial charge in [-0.15, -0.1) is 0 Å². The number of hydrogen-bond donors (Lipinski definition) is 2. The number of hydrogen-bond acceptors (Lipinski definition) is 6. The molecular weight excluding hydrogens is 458 g/mol. The number of thiazole rings is 1. The van der Waals surface area contributed by atoms with Crippen molar-refractivity contribution < 1.29 is 4.74 Å². The molecule has 9 heteroatoms. The minimum Gasteiger partial charge on any atom is -0.492 e. The highest BCUT2D eigenvalue weighted by molar-refractivity contribution is 7.18. The Balaban J connectivity index is 1.23. The van der Waals surface area contributed by atoms with Crippen molar-refractivity contribution in [3.63, 3.8) is 0 Å². The first-order valence-electron chi connectivity index (χ1n) is 11.3. The highest BCUT2D eigenvalue weighted by Gasteiger charge is 2.26. The molecular formula is C24H24ClN5O2S. The molecule has 0 bridgehead atoms. The standard InChI is InChI=1S/C24H24ClN5O2S/c1-13(28-24-27-10-22(33-24)20-9-26-12-30(20)16-4-5-16)17-6-15-7-18(25)21(32-11-14-2-3-14)8-19(15)29-23(17)31/h6-10,12-14,16H,2-5,11H2,1H3,(H,27,28)(H,29,31)/t13-/m0/s1. The molecule has 3 aromatic heterocycles. The molecule has 0 aliphatic heterocycles. The zero-order valence-electron chi connectivity index (χ0n) is 18.2. The van der Waals surface area contributed by atoms with Crippen LogP contribution in [-0.4, -0.2) is 26.1 Å². The Morgan fingerprint density at radius 2 is 2.12 bits per heavy atom. The van der Waals surface area contributed by atoms with Crippen LogP contribution in [-0.2, 0) is 0 Å². The van der Waals surface area contributed by atoms with Crippen LogP contribution in [0.1, 0.15) is 50.3 Å². The summed E-state index contributed by atoms with van der Waals surface area (Å²) in [4.78, 5) is 25.8. The molecule has 2 fully saturated rings. The van der Waals surface area contributed by atoms with Gasteiger partial charge < -0.3 is 19.6 Å². The normalized spacial score (nSPS) is 16.8. The lowest BCUT2D eigenvalue weighted by Gasteiger charge is -2.14. The fraction of sp³-hybridized carbons (Fsp3) is 0.375. The summed E-state index contributed by atoms with van der Waals surface area (Å²) in [6.45, 7) is 2.63. The van der Waals surface area contributed by atoms with Crippen molar-refractivity contribution in [2.75, 3.05) is 11.9 Å². The monoisotopic (exact) mass is 481 g/mol. The molecule has 6 rings (SSSR count). The van der Waals surface area contributed by atoms with Gasteiger partial charge in [0.15, 0.2) is 5.13 Å². The van der Waals surface area contributed by atoms with Gasteiger partial charge in [-0.25, -0.2) is 9.97 Å². The number of rotatable bonds is 8. The van der Waals surface area contributed by atoms with E-state index in [1.54, 1.807) is 11.3 Å². The Morgan fingerprint density at radius 1 is 1.27 bits per heavy atom. The van der Waals surface area contributed by atoms with Gasteiger partial charge in [-0.1, -0.05) is 22.9 Å². The van der Waals surface area contributed by atoms with Gasteiger partial charge >= 0.3 is 0 Å². The lowest BCUT2D eigenvalue weighted by atomic mass is 10.1. The minimum atomic E-state index is -0.227. The lowest BCUT2D eigenvalue weighted by Crippen LogP contribution is -2.19. The van der Waals surface area contributed by atoms with E-state index in [-0.39, 0.29) is 11.6 Å². The fourth-order valence-electron chi connectivity index (χ4n) is 4.01. The molecule has 3 heterocycles. The molecule has 7 nitrogen and oxygen atoms in total. The van der Waals surface area contributed by atoms with Gasteiger partial charge in [0.2, 0.25) is 0 Å². The van der Waals surface area contributed by atoms with Crippen LogP contribution in [0, 0.1) is 5.92 Å². The summed E-state index contributed by atoms with van der Waals surface area (Å²) in [5.41, 5.74) is 2.30. The van der Waals surface area contributed by atoms with Crippen molar-refractivity contribution in [1.82, 2.24) is 19.5 Å². The second kappa shape index (κ2) is 8.18. The van der Waals surface area contributed by atoms with Crippen LogP contribution in [0.5, 0.6) is 5.75 Å². The molecule has 0 saturated heterocycles. The predicted molar refractivity (Wildman–Crippen MR) is 131 cm³/mol. The lowest BCUT2D eigenvalue weighted by molar-refractivity contribution is 0.300. The van der Waals surface area contributed by atoms with Crippen LogP contribution in [0.3, 0.4) is 0 Å². The number of nitrogens with zero attached hydrogens (tertiary/aromatic N) is 3. The van der Waals surface area contributed by atoms with E-state index >= 15 is 0 Å². The molecule has 170 valence electrons. The van der Waals surface area contributed by atoms with Crippen LogP contribution in [0.2, 0.25) is 5.02 Å². The summed E-state index contributed by atoms with van der Waals surface area (Å²) >= 11 is 8.02. The Morgan fingerprint density at radius 3 is 2.91 bits per heavy atom. The molecule has 0 amide bonds. The van der Waals surface area contributed by atoms with Gasteiger partial charge in [-0.3, -0.25) is 4.79 Å². The molecule has 1 atom stereocenters. The molecule has 4 aromatic rings. The van der Waals surface area contributed by atoms with E-state index in [1.807, 2.05) is 43.8 Å². The number of benzene rings is 1. The summed E-state index contributed by atoms with van der Waals surface area (Å²) in [7, 11) is 0. The van der Waals surface area contributed by atoms with Gasteiger partial charge in [0.25, 0.3) is 5.56 Å². The van der Waals surface area contributed by atoms with E-state index in [1.165, 1.54) is 25.7 Å². The highest BCUT2D eigenvalue weighted by Crippen LogP contribution is 2.40. The van der Waals surface area contributed by atoms with E-state index in [0.29, 0.717) is 34.9 Å². The Kier molecular flexibility index (Phi) is 5.14. The second-order valence-corrected chi connectivity index (χ2v) is 10.4. The summed E-state index contributed by atoms with van der Waals surface area (Å²) in [6.07, 6.45) is 10.5. The predicted octanol–water partition coefficient (Wildman–Crippen LogP) is 5.80. The first-order valence-corrected chi connectivity index (χ1v) is 12.5. The number of anilines is 1. The van der Waals surface area contributed by atoms with Crippen LogP contribution in [0.25, 0.3) is 21.5 Å². The molecule has 2 saturated carbocycles. The Labute approximate surface area is 199 Å². The molecule has 0 spiro atoms. The molecule has 0 unspecified atom stereocenters. The van der Waals surface area contributed by atoms with Crippen LogP contribution >= 0.6 is 22.9 Å². The van der Waals surface area contributed by atoms with Crippen molar-refractivity contribution in [2.45, 2.75) is 44.7 Å². The zero-order valence-corrected chi connectivity index (χ0v) is 19.7. The first-order chi connectivity index (χ1) is 16.0. The number of nitrogens with one attached hydrogen (secondary N) is 2. The van der Waals surface area contributed by atoms with E-state index in [9.17, 15) is 4.79 Å². The molecule has 2 aliphatic rings. The Bertz CT molecular complexity index is 1390. The van der Waals surface area contributed by atoms with Crippen LogP contribution < -0.4 is 15.6 Å². The van der Waals surface area contributed by atoms with Gasteiger partial charge in [-0.2, -0.15) is 0 Å². The summed E-state index contributed by atoms with van der Waals surface area (Å²) in [6, 6.07) is 5.89. The van der Waals surface area contributed by atoms with E-state index in [2.05, 4.69) is 24.8 Å². The van der Waals surface area contributed by atoms with Crippen molar-refractivity contribution in [2.24, 2.45) is 5.92 Å². The number of halogens is 1. The first kappa shape index (κ1) is 20.7. The van der Waals surface area contributed by atoms with Crippen molar-refractivity contribution in [3.05, 3.63) is 57.9 Å². The van der Waals surface area contributed by atoms with E-state index in [4.69, 9.17) is 16.3 Å². The average molecular weight is 482 g/mol. The smallest absolute Gasteiger partial charge is 0.253 e. The summed E-state index contributed by atoms with van der Waals surface area (Å²) < 4.78 is 8.07. The van der Waals surface area contributed by atoms with Gasteiger partial charge in [0, 0.05) is 29.3 Å². The number of imidazole rings is 1. The maximum Gasteiger partial charge on any atom is 0.253 e. The maximum absolute atomic E-state index is 12.9. The maximum atomic E-state index is 12.9. The summed E-state index contributed by atoms with van der Waals surface area (Å²) in [5, 5.41) is 5.57. The number of aromatic amines is 1. The molecule has 1 aromatic carbocycles. The second-order valence-electron chi connectivity index (χ2n) is 8.99. The minimum absolute atomic E-state index is 0.137. The SMILES string of the molecule is C[C@H](Nc1ncc(-c2cncn2C2CC2)s1)c1cc2cc(Cl)c(OCC3CC3)cc2[nH]c1=O.